The van der Waals surface area contributed by atoms with Crippen LogP contribution >= 0.6 is 11.6 Å². The van der Waals surface area contributed by atoms with Gasteiger partial charge in [-0.15, -0.1) is 0 Å². The zero-order chi connectivity index (χ0) is 15.5. The smallest absolute Gasteiger partial charge is 0.410 e. The number of likely N-dealkylation sites (tertiary alicyclic amines) is 1. The first-order valence-corrected chi connectivity index (χ1v) is 7.97. The third-order valence-corrected chi connectivity index (χ3v) is 4.08. The third-order valence-electron chi connectivity index (χ3n) is 3.71. The highest BCUT2D eigenvalue weighted by Crippen LogP contribution is 2.25. The van der Waals surface area contributed by atoms with Crippen molar-refractivity contribution >= 4 is 17.7 Å². The van der Waals surface area contributed by atoms with E-state index in [1.165, 1.54) is 0 Å². The molecule has 0 saturated carbocycles. The second-order valence-corrected chi connectivity index (χ2v) is 7.01. The van der Waals surface area contributed by atoms with Crippen molar-refractivity contribution in [1.29, 1.82) is 0 Å². The predicted molar refractivity (Wildman–Crippen MR) is 85.7 cm³/mol. The van der Waals surface area contributed by atoms with E-state index in [4.69, 9.17) is 16.3 Å². The number of carbonyl (C=O) groups is 1. The van der Waals surface area contributed by atoms with E-state index in [9.17, 15) is 4.79 Å². The first-order valence-electron chi connectivity index (χ1n) is 7.60. The van der Waals surface area contributed by atoms with E-state index in [1.54, 1.807) is 0 Å². The van der Waals surface area contributed by atoms with Crippen LogP contribution in [0.15, 0.2) is 24.3 Å². The number of benzene rings is 1. The molecule has 0 radical (unpaired) electrons. The lowest BCUT2D eigenvalue weighted by atomic mass is 10.0. The highest BCUT2D eigenvalue weighted by molar-refractivity contribution is 6.31. The van der Waals surface area contributed by atoms with Crippen LogP contribution in [0.25, 0.3) is 0 Å². The van der Waals surface area contributed by atoms with Crippen LogP contribution in [0.4, 0.5) is 4.79 Å². The number of aryl methyl sites for hydroxylation is 1. The minimum Gasteiger partial charge on any atom is -0.444 e. The number of nitrogens with zero attached hydrogens (tertiary/aromatic N) is 1. The maximum atomic E-state index is 12.2. The molecule has 4 heteroatoms. The van der Waals surface area contributed by atoms with Gasteiger partial charge in [0, 0.05) is 17.6 Å². The Morgan fingerprint density at radius 1 is 1.38 bits per heavy atom. The molecular formula is C17H24ClNO2. The number of halogens is 1. The van der Waals surface area contributed by atoms with Crippen molar-refractivity contribution in [2.75, 3.05) is 6.54 Å². The Morgan fingerprint density at radius 2 is 2.10 bits per heavy atom. The van der Waals surface area contributed by atoms with Crippen molar-refractivity contribution in [1.82, 2.24) is 4.90 Å². The van der Waals surface area contributed by atoms with Crippen molar-refractivity contribution in [2.24, 2.45) is 0 Å². The lowest BCUT2D eigenvalue weighted by Crippen LogP contribution is -2.40. The summed E-state index contributed by atoms with van der Waals surface area (Å²) < 4.78 is 5.49. The average Bonchev–Trinajstić information content (AvgIpc) is 2.84. The van der Waals surface area contributed by atoms with Gasteiger partial charge in [0.05, 0.1) is 0 Å². The number of amides is 1. The molecule has 1 aliphatic heterocycles. The van der Waals surface area contributed by atoms with E-state index in [0.717, 1.165) is 42.8 Å². The SMILES string of the molecule is CC(C)(C)OC(=O)N1CCCC1CCc1ccccc1Cl. The number of hydrogen-bond acceptors (Lipinski definition) is 2. The Hall–Kier alpha value is -1.22. The van der Waals surface area contributed by atoms with Crippen LogP contribution in [-0.4, -0.2) is 29.2 Å². The topological polar surface area (TPSA) is 29.5 Å². The number of hydrogen-bond donors (Lipinski definition) is 0. The molecular weight excluding hydrogens is 286 g/mol. The largest absolute Gasteiger partial charge is 0.444 e. The molecule has 0 bridgehead atoms. The van der Waals surface area contributed by atoms with Crippen molar-refractivity contribution in [3.8, 4) is 0 Å². The maximum Gasteiger partial charge on any atom is 0.410 e. The second-order valence-electron chi connectivity index (χ2n) is 6.60. The van der Waals surface area contributed by atoms with Gasteiger partial charge in [-0.2, -0.15) is 0 Å². The Labute approximate surface area is 132 Å². The summed E-state index contributed by atoms with van der Waals surface area (Å²) in [6.07, 6.45) is 3.73. The zero-order valence-corrected chi connectivity index (χ0v) is 13.8. The number of rotatable bonds is 3. The molecule has 1 amide bonds. The summed E-state index contributed by atoms with van der Waals surface area (Å²) in [5, 5.41) is 0.805. The fraction of sp³-hybridized carbons (Fsp3) is 0.588. The molecule has 1 atom stereocenters. The molecule has 3 nitrogen and oxygen atoms in total. The van der Waals surface area contributed by atoms with Crippen LogP contribution in [0.5, 0.6) is 0 Å². The fourth-order valence-corrected chi connectivity index (χ4v) is 2.95. The number of carbonyl (C=O) groups excluding carboxylic acids is 1. The predicted octanol–water partition coefficient (Wildman–Crippen LogP) is 4.67. The molecule has 1 aromatic carbocycles. The van der Waals surface area contributed by atoms with E-state index in [1.807, 2.05) is 43.9 Å². The molecule has 0 N–H and O–H groups in total. The molecule has 21 heavy (non-hydrogen) atoms. The van der Waals surface area contributed by atoms with Crippen LogP contribution in [0.1, 0.15) is 45.6 Å². The van der Waals surface area contributed by atoms with Gasteiger partial charge in [-0.3, -0.25) is 0 Å². The van der Waals surface area contributed by atoms with Crippen molar-refractivity contribution in [2.45, 2.75) is 58.1 Å². The molecule has 0 aliphatic carbocycles. The summed E-state index contributed by atoms with van der Waals surface area (Å²) in [5.74, 6) is 0. The molecule has 1 fully saturated rings. The van der Waals surface area contributed by atoms with Crippen LogP contribution in [0.3, 0.4) is 0 Å². The maximum absolute atomic E-state index is 12.2. The summed E-state index contributed by atoms with van der Waals surface area (Å²) in [4.78, 5) is 14.1. The third kappa shape index (κ3) is 4.63. The molecule has 1 heterocycles. The molecule has 1 saturated heterocycles. The lowest BCUT2D eigenvalue weighted by Gasteiger charge is -2.28. The fourth-order valence-electron chi connectivity index (χ4n) is 2.72. The summed E-state index contributed by atoms with van der Waals surface area (Å²) >= 11 is 6.19. The van der Waals surface area contributed by atoms with Gasteiger partial charge in [0.15, 0.2) is 0 Å². The average molecular weight is 310 g/mol. The highest BCUT2D eigenvalue weighted by atomic mass is 35.5. The minimum absolute atomic E-state index is 0.191. The van der Waals surface area contributed by atoms with Crippen molar-refractivity contribution < 1.29 is 9.53 Å². The van der Waals surface area contributed by atoms with Crippen LogP contribution in [0, 0.1) is 0 Å². The van der Waals surface area contributed by atoms with E-state index in [-0.39, 0.29) is 12.1 Å². The van der Waals surface area contributed by atoms with Crippen LogP contribution in [0.2, 0.25) is 5.02 Å². The second kappa shape index (κ2) is 6.69. The summed E-state index contributed by atoms with van der Waals surface area (Å²) in [5.41, 5.74) is 0.711. The highest BCUT2D eigenvalue weighted by Gasteiger charge is 2.31. The van der Waals surface area contributed by atoms with E-state index < -0.39 is 5.60 Å². The normalized spacial score (nSPS) is 18.9. The molecule has 1 unspecified atom stereocenters. The minimum atomic E-state index is -0.438. The molecule has 0 aromatic heterocycles. The molecule has 1 aliphatic rings. The van der Waals surface area contributed by atoms with Crippen molar-refractivity contribution in [3.05, 3.63) is 34.9 Å². The van der Waals surface area contributed by atoms with Gasteiger partial charge < -0.3 is 9.64 Å². The van der Waals surface area contributed by atoms with Gasteiger partial charge >= 0.3 is 6.09 Å². The van der Waals surface area contributed by atoms with E-state index >= 15 is 0 Å². The van der Waals surface area contributed by atoms with Gasteiger partial charge in [0.1, 0.15) is 5.60 Å². The zero-order valence-electron chi connectivity index (χ0n) is 13.1. The summed E-state index contributed by atoms with van der Waals surface area (Å²) in [6, 6.07) is 8.17. The van der Waals surface area contributed by atoms with Gasteiger partial charge in [0.25, 0.3) is 0 Å². The number of ether oxygens (including phenoxy) is 1. The Kier molecular flexibility index (Phi) is 5.15. The van der Waals surface area contributed by atoms with E-state index in [2.05, 4.69) is 6.07 Å². The van der Waals surface area contributed by atoms with Crippen molar-refractivity contribution in [3.63, 3.8) is 0 Å². The Morgan fingerprint density at radius 3 is 2.76 bits per heavy atom. The van der Waals surface area contributed by atoms with Gasteiger partial charge in [-0.25, -0.2) is 4.79 Å². The quantitative estimate of drug-likeness (QED) is 0.812. The van der Waals surface area contributed by atoms with Gasteiger partial charge in [0.2, 0.25) is 0 Å². The van der Waals surface area contributed by atoms with Gasteiger partial charge in [-0.05, 0) is 58.1 Å². The molecule has 116 valence electrons. The van der Waals surface area contributed by atoms with E-state index in [0.29, 0.717) is 0 Å². The standard InChI is InChI=1S/C17H24ClNO2/c1-17(2,3)21-16(20)19-12-6-8-14(19)11-10-13-7-4-5-9-15(13)18/h4-5,7,9,14H,6,8,10-12H2,1-3H3. The molecule has 0 spiro atoms. The Bertz CT molecular complexity index is 496. The van der Waals surface area contributed by atoms with Crippen LogP contribution < -0.4 is 0 Å². The summed E-state index contributed by atoms with van der Waals surface area (Å²) in [6.45, 7) is 6.50. The first kappa shape index (κ1) is 16.2. The summed E-state index contributed by atoms with van der Waals surface area (Å²) in [7, 11) is 0. The molecule has 1 aromatic rings. The van der Waals surface area contributed by atoms with Crippen LogP contribution in [-0.2, 0) is 11.2 Å². The molecule has 2 rings (SSSR count). The van der Waals surface area contributed by atoms with Gasteiger partial charge in [-0.1, -0.05) is 29.8 Å². The first-order chi connectivity index (χ1) is 9.87. The monoisotopic (exact) mass is 309 g/mol. The Balaban J connectivity index is 1.93. The lowest BCUT2D eigenvalue weighted by molar-refractivity contribution is 0.0220.